The first-order chi connectivity index (χ1) is 15.7. The lowest BCUT2D eigenvalue weighted by Crippen LogP contribution is -2.07. The van der Waals surface area contributed by atoms with E-state index in [1.165, 1.54) is 6.26 Å². The summed E-state index contributed by atoms with van der Waals surface area (Å²) >= 11 is 0. The van der Waals surface area contributed by atoms with Gasteiger partial charge in [-0.1, -0.05) is 30.3 Å². The maximum atomic E-state index is 12.6. The maximum Gasteiger partial charge on any atom is 0.339 e. The first-order valence-electron chi connectivity index (χ1n) is 10.5. The van der Waals surface area contributed by atoms with Gasteiger partial charge in [-0.25, -0.2) is 13.2 Å². The number of benzene rings is 2. The Kier molecular flexibility index (Phi) is 5.95. The van der Waals surface area contributed by atoms with Gasteiger partial charge in [-0.2, -0.15) is 5.10 Å². The first kappa shape index (κ1) is 22.5. The number of nitrogens with zero attached hydrogens (tertiary/aromatic N) is 3. The van der Waals surface area contributed by atoms with Crippen LogP contribution in [-0.4, -0.2) is 41.6 Å². The molecule has 0 N–H and O–H groups in total. The first-order valence-corrected chi connectivity index (χ1v) is 12.4. The number of esters is 1. The van der Waals surface area contributed by atoms with Crippen LogP contribution in [0.5, 0.6) is 0 Å². The standard InChI is InChI=1S/C25H25N3O4S/c1-5-32-25(29)23-14-24(19-11-9-18(10-12-19)20-15-26-27(3)16-20)28(17(23)2)21-7-6-8-22(13-21)33(4,30)31/h6-16H,5H2,1-4H3. The van der Waals surface area contributed by atoms with E-state index in [0.29, 0.717) is 16.9 Å². The van der Waals surface area contributed by atoms with E-state index in [9.17, 15) is 13.2 Å². The summed E-state index contributed by atoms with van der Waals surface area (Å²) in [5, 5.41) is 4.22. The van der Waals surface area contributed by atoms with Gasteiger partial charge in [0.05, 0.1) is 29.0 Å². The van der Waals surface area contributed by atoms with Crippen LogP contribution in [0.2, 0.25) is 0 Å². The Hall–Kier alpha value is -3.65. The summed E-state index contributed by atoms with van der Waals surface area (Å²) in [6.45, 7) is 3.85. The summed E-state index contributed by atoms with van der Waals surface area (Å²) in [5.74, 6) is -0.416. The van der Waals surface area contributed by atoms with Crippen LogP contribution in [0.25, 0.3) is 28.1 Å². The lowest BCUT2D eigenvalue weighted by molar-refractivity contribution is 0.0525. The van der Waals surface area contributed by atoms with Crippen LogP contribution in [0.3, 0.4) is 0 Å². The van der Waals surface area contributed by atoms with E-state index < -0.39 is 15.8 Å². The zero-order valence-electron chi connectivity index (χ0n) is 18.9. The molecule has 0 saturated heterocycles. The van der Waals surface area contributed by atoms with E-state index >= 15 is 0 Å². The summed E-state index contributed by atoms with van der Waals surface area (Å²) in [6, 6.07) is 16.4. The number of ether oxygens (including phenoxy) is 1. The van der Waals surface area contributed by atoms with Gasteiger partial charge in [-0.3, -0.25) is 4.68 Å². The molecule has 0 radical (unpaired) electrons. The van der Waals surface area contributed by atoms with Crippen molar-refractivity contribution < 1.29 is 17.9 Å². The predicted molar refractivity (Wildman–Crippen MR) is 127 cm³/mol. The van der Waals surface area contributed by atoms with E-state index in [1.807, 2.05) is 55.1 Å². The second-order valence-electron chi connectivity index (χ2n) is 7.83. The van der Waals surface area contributed by atoms with Gasteiger partial charge in [-0.05, 0) is 49.2 Å². The van der Waals surface area contributed by atoms with Crippen molar-refractivity contribution in [2.24, 2.45) is 7.05 Å². The number of carbonyl (C=O) groups excluding carboxylic acids is 1. The molecule has 0 spiro atoms. The second kappa shape index (κ2) is 8.71. The van der Waals surface area contributed by atoms with Crippen LogP contribution >= 0.6 is 0 Å². The largest absolute Gasteiger partial charge is 0.462 e. The number of hydrogen-bond donors (Lipinski definition) is 0. The summed E-state index contributed by atoms with van der Waals surface area (Å²) < 4.78 is 33.2. The van der Waals surface area contributed by atoms with E-state index in [4.69, 9.17) is 4.74 Å². The fraction of sp³-hybridized carbons (Fsp3) is 0.200. The Bertz CT molecular complexity index is 1430. The third-order valence-corrected chi connectivity index (χ3v) is 6.58. The van der Waals surface area contributed by atoms with Crippen LogP contribution < -0.4 is 0 Å². The van der Waals surface area contributed by atoms with Crippen LogP contribution in [0, 0.1) is 6.92 Å². The molecular weight excluding hydrogens is 438 g/mol. The molecule has 170 valence electrons. The number of hydrogen-bond acceptors (Lipinski definition) is 5. The summed E-state index contributed by atoms with van der Waals surface area (Å²) in [6.07, 6.45) is 4.92. The molecule has 0 bridgehead atoms. The minimum Gasteiger partial charge on any atom is -0.462 e. The summed E-state index contributed by atoms with van der Waals surface area (Å²) in [4.78, 5) is 12.8. The fourth-order valence-electron chi connectivity index (χ4n) is 3.82. The highest BCUT2D eigenvalue weighted by atomic mass is 32.2. The fourth-order valence-corrected chi connectivity index (χ4v) is 4.49. The Morgan fingerprint density at radius 1 is 1.03 bits per heavy atom. The van der Waals surface area contributed by atoms with E-state index in [1.54, 1.807) is 42.1 Å². The van der Waals surface area contributed by atoms with Crippen LogP contribution in [0.1, 0.15) is 23.0 Å². The summed E-state index contributed by atoms with van der Waals surface area (Å²) in [7, 11) is -1.52. The minimum atomic E-state index is -3.39. The molecule has 0 atom stereocenters. The SMILES string of the molecule is CCOC(=O)c1cc(-c2ccc(-c3cnn(C)c3)cc2)n(-c2cccc(S(C)(=O)=O)c2)c1C. The van der Waals surface area contributed by atoms with Gasteiger partial charge >= 0.3 is 5.97 Å². The minimum absolute atomic E-state index is 0.212. The van der Waals surface area contributed by atoms with Crippen molar-refractivity contribution in [3.63, 3.8) is 0 Å². The molecule has 0 unspecified atom stereocenters. The second-order valence-corrected chi connectivity index (χ2v) is 9.85. The Morgan fingerprint density at radius 3 is 2.33 bits per heavy atom. The molecule has 0 fully saturated rings. The quantitative estimate of drug-likeness (QED) is 0.395. The van der Waals surface area contributed by atoms with E-state index in [-0.39, 0.29) is 11.5 Å². The lowest BCUT2D eigenvalue weighted by atomic mass is 10.1. The monoisotopic (exact) mass is 463 g/mol. The van der Waals surface area contributed by atoms with Gasteiger partial charge in [0.1, 0.15) is 0 Å². The van der Waals surface area contributed by atoms with Gasteiger partial charge in [-0.15, -0.1) is 0 Å². The highest BCUT2D eigenvalue weighted by Gasteiger charge is 2.21. The molecular formula is C25H25N3O4S. The smallest absolute Gasteiger partial charge is 0.339 e. The van der Waals surface area contributed by atoms with Gasteiger partial charge in [0.2, 0.25) is 0 Å². The topological polar surface area (TPSA) is 83.2 Å². The number of sulfone groups is 1. The number of carbonyl (C=O) groups is 1. The molecule has 0 aliphatic rings. The molecule has 0 saturated carbocycles. The molecule has 0 amide bonds. The van der Waals surface area contributed by atoms with Gasteiger partial charge in [0.25, 0.3) is 0 Å². The molecule has 0 aliphatic carbocycles. The Balaban J connectivity index is 1.87. The van der Waals surface area contributed by atoms with E-state index in [0.717, 1.165) is 22.4 Å². The van der Waals surface area contributed by atoms with Gasteiger partial charge in [0.15, 0.2) is 9.84 Å². The van der Waals surface area contributed by atoms with Crippen molar-refractivity contribution in [1.29, 1.82) is 0 Å². The molecule has 4 aromatic rings. The molecule has 8 heteroatoms. The third-order valence-electron chi connectivity index (χ3n) is 5.47. The van der Waals surface area contributed by atoms with Crippen molar-refractivity contribution in [2.45, 2.75) is 18.7 Å². The van der Waals surface area contributed by atoms with E-state index in [2.05, 4.69) is 5.10 Å². The molecule has 33 heavy (non-hydrogen) atoms. The Labute approximate surface area is 193 Å². The number of rotatable bonds is 6. The van der Waals surface area contributed by atoms with Crippen molar-refractivity contribution >= 4 is 15.8 Å². The highest BCUT2D eigenvalue weighted by Crippen LogP contribution is 2.32. The third kappa shape index (κ3) is 4.47. The van der Waals surface area contributed by atoms with Crippen LogP contribution in [0.4, 0.5) is 0 Å². The van der Waals surface area contributed by atoms with Crippen molar-refractivity contribution in [3.8, 4) is 28.1 Å². The van der Waals surface area contributed by atoms with Crippen molar-refractivity contribution in [2.75, 3.05) is 12.9 Å². The predicted octanol–water partition coefficient (Wildman–Crippen LogP) is 4.43. The van der Waals surface area contributed by atoms with Crippen LogP contribution in [-0.2, 0) is 21.6 Å². The maximum absolute atomic E-state index is 12.6. The average Bonchev–Trinajstić information content (AvgIpc) is 3.37. The molecule has 2 heterocycles. The van der Waals surface area contributed by atoms with Crippen molar-refractivity contribution in [1.82, 2.24) is 14.3 Å². The number of aryl methyl sites for hydroxylation is 1. The van der Waals surface area contributed by atoms with Crippen molar-refractivity contribution in [3.05, 3.63) is 78.2 Å². The zero-order chi connectivity index (χ0) is 23.8. The molecule has 7 nitrogen and oxygen atoms in total. The average molecular weight is 464 g/mol. The zero-order valence-corrected chi connectivity index (χ0v) is 19.8. The Morgan fingerprint density at radius 2 is 1.73 bits per heavy atom. The lowest BCUT2D eigenvalue weighted by Gasteiger charge is -2.14. The van der Waals surface area contributed by atoms with Gasteiger partial charge in [0, 0.05) is 36.4 Å². The molecule has 4 rings (SSSR count). The molecule has 0 aliphatic heterocycles. The number of aromatic nitrogens is 3. The highest BCUT2D eigenvalue weighted by molar-refractivity contribution is 7.90. The van der Waals surface area contributed by atoms with Gasteiger partial charge < -0.3 is 9.30 Å². The summed E-state index contributed by atoms with van der Waals surface area (Å²) in [5.41, 5.74) is 5.43. The van der Waals surface area contributed by atoms with Crippen LogP contribution in [0.15, 0.2) is 71.9 Å². The molecule has 2 aromatic carbocycles. The molecule has 2 aromatic heterocycles. The normalized spacial score (nSPS) is 11.5.